The van der Waals surface area contributed by atoms with Crippen LogP contribution in [0.3, 0.4) is 0 Å². The van der Waals surface area contributed by atoms with Gasteiger partial charge in [0.15, 0.2) is 0 Å². The van der Waals surface area contributed by atoms with Crippen LogP contribution in [0.25, 0.3) is 10.8 Å². The number of likely N-dealkylation sites (tertiary alicyclic amines) is 1. The van der Waals surface area contributed by atoms with Crippen LogP contribution in [0.15, 0.2) is 42.5 Å². The number of esters is 1. The van der Waals surface area contributed by atoms with E-state index in [1.54, 1.807) is 4.90 Å². The quantitative estimate of drug-likeness (QED) is 0.792. The summed E-state index contributed by atoms with van der Waals surface area (Å²) in [6.45, 7) is 1.58. The van der Waals surface area contributed by atoms with Crippen molar-refractivity contribution in [2.24, 2.45) is 5.92 Å². The fourth-order valence-electron chi connectivity index (χ4n) is 3.84. The van der Waals surface area contributed by atoms with Gasteiger partial charge in [0, 0.05) is 25.2 Å². The Labute approximate surface area is 163 Å². The smallest absolute Gasteiger partial charge is 0.315 e. The zero-order chi connectivity index (χ0) is 19.5. The monoisotopic (exact) mass is 381 g/mol. The maximum absolute atomic E-state index is 13.1. The molecule has 2 fully saturated rings. The number of benzene rings is 2. The van der Waals surface area contributed by atoms with E-state index in [-0.39, 0.29) is 36.5 Å². The maximum Gasteiger partial charge on any atom is 0.315 e. The molecular weight excluding hydrogens is 358 g/mol. The molecule has 2 N–H and O–H groups in total. The second-order valence-electron chi connectivity index (χ2n) is 7.30. The van der Waals surface area contributed by atoms with Crippen molar-refractivity contribution in [1.29, 1.82) is 0 Å². The van der Waals surface area contributed by atoms with Gasteiger partial charge in [-0.15, -0.1) is 0 Å². The molecule has 0 aromatic heterocycles. The summed E-state index contributed by atoms with van der Waals surface area (Å²) in [7, 11) is 0. The van der Waals surface area contributed by atoms with E-state index in [1.807, 2.05) is 42.5 Å². The van der Waals surface area contributed by atoms with E-state index < -0.39 is 0 Å². The van der Waals surface area contributed by atoms with Crippen molar-refractivity contribution in [3.8, 4) is 0 Å². The topological polar surface area (TPSA) is 87.7 Å². The molecule has 28 heavy (non-hydrogen) atoms. The summed E-state index contributed by atoms with van der Waals surface area (Å²) in [5.74, 6) is -0.698. The Hall–Kier alpha value is -3.09. The largest absolute Gasteiger partial charge is 0.463 e. The first-order valence-electron chi connectivity index (χ1n) is 9.60. The standard InChI is InChI=1S/C21H23N3O4/c25-19(18-9-3-6-14-5-1-2-8-17(14)18)24-10-4-7-15(12-24)20(26)28-13-16-11-22-21(27)23-16/h1-3,5-6,8-9,15-16H,4,7,10-13H2,(H2,22,23,27)/t15?,16-/m1/s1. The summed E-state index contributed by atoms with van der Waals surface area (Å²) in [5.41, 5.74) is 0.659. The molecule has 1 unspecified atom stereocenters. The summed E-state index contributed by atoms with van der Waals surface area (Å²) >= 11 is 0. The predicted molar refractivity (Wildman–Crippen MR) is 104 cm³/mol. The number of ether oxygens (including phenoxy) is 1. The van der Waals surface area contributed by atoms with E-state index in [1.165, 1.54) is 0 Å². The molecule has 2 atom stereocenters. The Bertz CT molecular complexity index is 908. The first kappa shape index (κ1) is 18.3. The number of carbonyl (C=O) groups excluding carboxylic acids is 3. The van der Waals surface area contributed by atoms with E-state index in [0.29, 0.717) is 31.6 Å². The van der Waals surface area contributed by atoms with Crippen molar-refractivity contribution in [1.82, 2.24) is 15.5 Å². The van der Waals surface area contributed by atoms with Gasteiger partial charge in [0.05, 0.1) is 12.0 Å². The summed E-state index contributed by atoms with van der Waals surface area (Å²) in [6.07, 6.45) is 1.46. The molecule has 2 aromatic carbocycles. The lowest BCUT2D eigenvalue weighted by Gasteiger charge is -2.32. The third-order valence-electron chi connectivity index (χ3n) is 5.33. The zero-order valence-corrected chi connectivity index (χ0v) is 15.5. The Morgan fingerprint density at radius 1 is 1.14 bits per heavy atom. The van der Waals surface area contributed by atoms with Crippen molar-refractivity contribution in [2.45, 2.75) is 18.9 Å². The molecule has 3 amide bonds. The van der Waals surface area contributed by atoms with Crippen LogP contribution >= 0.6 is 0 Å². The molecular formula is C21H23N3O4. The molecule has 4 rings (SSSR count). The van der Waals surface area contributed by atoms with E-state index in [9.17, 15) is 14.4 Å². The number of nitrogens with zero attached hydrogens (tertiary/aromatic N) is 1. The number of piperidine rings is 1. The summed E-state index contributed by atoms with van der Waals surface area (Å²) in [6, 6.07) is 13.1. The van der Waals surface area contributed by atoms with Crippen molar-refractivity contribution < 1.29 is 19.1 Å². The van der Waals surface area contributed by atoms with Gasteiger partial charge in [-0.2, -0.15) is 0 Å². The van der Waals surface area contributed by atoms with Gasteiger partial charge in [-0.1, -0.05) is 36.4 Å². The Morgan fingerprint density at radius 2 is 1.96 bits per heavy atom. The molecule has 2 saturated heterocycles. The minimum absolute atomic E-state index is 0.0541. The highest BCUT2D eigenvalue weighted by Gasteiger charge is 2.31. The van der Waals surface area contributed by atoms with Crippen LogP contribution in [0.4, 0.5) is 4.79 Å². The number of nitrogens with one attached hydrogen (secondary N) is 2. The molecule has 0 saturated carbocycles. The molecule has 2 aromatic rings. The van der Waals surface area contributed by atoms with Gasteiger partial charge in [-0.05, 0) is 29.7 Å². The Balaban J connectivity index is 1.41. The van der Waals surface area contributed by atoms with Crippen LogP contribution in [0.1, 0.15) is 23.2 Å². The number of hydrogen-bond acceptors (Lipinski definition) is 4. The minimum Gasteiger partial charge on any atom is -0.463 e. The van der Waals surface area contributed by atoms with E-state index in [2.05, 4.69) is 10.6 Å². The second kappa shape index (κ2) is 7.88. The average Bonchev–Trinajstić information content (AvgIpc) is 3.16. The number of urea groups is 1. The summed E-state index contributed by atoms with van der Waals surface area (Å²) in [4.78, 5) is 38.4. The highest BCUT2D eigenvalue weighted by Crippen LogP contribution is 2.24. The Kier molecular flexibility index (Phi) is 5.14. The fraction of sp³-hybridized carbons (Fsp3) is 0.381. The lowest BCUT2D eigenvalue weighted by atomic mass is 9.96. The van der Waals surface area contributed by atoms with Gasteiger partial charge in [-0.25, -0.2) is 4.79 Å². The normalized spacial score (nSPS) is 21.9. The summed E-state index contributed by atoms with van der Waals surface area (Å²) in [5, 5.41) is 7.26. The van der Waals surface area contributed by atoms with Crippen LogP contribution in [0, 0.1) is 5.92 Å². The van der Waals surface area contributed by atoms with Gasteiger partial charge in [-0.3, -0.25) is 9.59 Å². The van der Waals surface area contributed by atoms with Crippen molar-refractivity contribution in [3.05, 3.63) is 48.0 Å². The van der Waals surface area contributed by atoms with Crippen molar-refractivity contribution in [2.75, 3.05) is 26.2 Å². The molecule has 146 valence electrons. The highest BCUT2D eigenvalue weighted by molar-refractivity contribution is 6.07. The molecule has 0 bridgehead atoms. The molecule has 2 aliphatic rings. The third-order valence-corrected chi connectivity index (χ3v) is 5.33. The molecule has 2 heterocycles. The number of fused-ring (bicyclic) bond motifs is 1. The van der Waals surface area contributed by atoms with Gasteiger partial charge in [0.2, 0.25) is 0 Å². The number of carbonyl (C=O) groups is 3. The molecule has 7 heteroatoms. The summed E-state index contributed by atoms with van der Waals surface area (Å²) < 4.78 is 5.39. The van der Waals surface area contributed by atoms with E-state index >= 15 is 0 Å². The predicted octanol–water partition coefficient (Wildman–Crippen LogP) is 1.92. The fourth-order valence-corrected chi connectivity index (χ4v) is 3.84. The molecule has 0 spiro atoms. The van der Waals surface area contributed by atoms with Crippen LogP contribution in [0.5, 0.6) is 0 Å². The SMILES string of the molecule is O=C1NC[C@H](COC(=O)C2CCCN(C(=O)c3cccc4ccccc34)C2)N1. The molecule has 0 aliphatic carbocycles. The number of hydrogen-bond donors (Lipinski definition) is 2. The highest BCUT2D eigenvalue weighted by atomic mass is 16.5. The molecule has 7 nitrogen and oxygen atoms in total. The van der Waals surface area contributed by atoms with Gasteiger partial charge < -0.3 is 20.3 Å². The first-order valence-corrected chi connectivity index (χ1v) is 9.60. The van der Waals surface area contributed by atoms with Crippen molar-refractivity contribution in [3.63, 3.8) is 0 Å². The number of rotatable bonds is 4. The minimum atomic E-state index is -0.335. The zero-order valence-electron chi connectivity index (χ0n) is 15.5. The van der Waals surface area contributed by atoms with E-state index in [0.717, 1.165) is 17.2 Å². The Morgan fingerprint density at radius 3 is 2.79 bits per heavy atom. The average molecular weight is 381 g/mol. The lowest BCUT2D eigenvalue weighted by Crippen LogP contribution is -2.43. The second-order valence-corrected chi connectivity index (χ2v) is 7.30. The van der Waals surface area contributed by atoms with Crippen molar-refractivity contribution >= 4 is 28.7 Å². The maximum atomic E-state index is 13.1. The van der Waals surface area contributed by atoms with Crippen LogP contribution in [-0.4, -0.2) is 55.1 Å². The van der Waals surface area contributed by atoms with Crippen LogP contribution in [0.2, 0.25) is 0 Å². The van der Waals surface area contributed by atoms with Crippen LogP contribution in [-0.2, 0) is 9.53 Å². The van der Waals surface area contributed by atoms with Gasteiger partial charge >= 0.3 is 12.0 Å². The first-order chi connectivity index (χ1) is 13.6. The lowest BCUT2D eigenvalue weighted by molar-refractivity contribution is -0.150. The van der Waals surface area contributed by atoms with Gasteiger partial charge in [0.1, 0.15) is 6.61 Å². The molecule has 2 aliphatic heterocycles. The van der Waals surface area contributed by atoms with Gasteiger partial charge in [0.25, 0.3) is 5.91 Å². The molecule has 0 radical (unpaired) electrons. The third kappa shape index (κ3) is 3.78. The van der Waals surface area contributed by atoms with E-state index in [4.69, 9.17) is 4.74 Å². The van der Waals surface area contributed by atoms with Crippen LogP contribution < -0.4 is 10.6 Å². The number of amides is 3.